The number of hydrogen-bond donors (Lipinski definition) is 3. The summed E-state index contributed by atoms with van der Waals surface area (Å²) >= 11 is 0. The summed E-state index contributed by atoms with van der Waals surface area (Å²) in [4.78, 5) is 11.8. The molecule has 0 unspecified atom stereocenters. The fourth-order valence-electron chi connectivity index (χ4n) is 2.24. The number of benzene rings is 1. The second-order valence-electron chi connectivity index (χ2n) is 4.62. The summed E-state index contributed by atoms with van der Waals surface area (Å²) in [5.41, 5.74) is 1.48. The van der Waals surface area contributed by atoms with Crippen molar-refractivity contribution in [3.8, 4) is 11.8 Å². The Hall–Kier alpha value is -1.99. The number of urea groups is 1. The Labute approximate surface area is 113 Å². The summed E-state index contributed by atoms with van der Waals surface area (Å²) in [6.45, 7) is -0.167. The molecule has 4 nitrogen and oxygen atoms in total. The van der Waals surface area contributed by atoms with Crippen molar-refractivity contribution < 1.29 is 9.90 Å². The van der Waals surface area contributed by atoms with Gasteiger partial charge in [0.25, 0.3) is 0 Å². The predicted molar refractivity (Wildman–Crippen MR) is 74.8 cm³/mol. The van der Waals surface area contributed by atoms with Crippen molar-refractivity contribution >= 4 is 11.7 Å². The second kappa shape index (κ2) is 6.81. The number of hydrogen-bond acceptors (Lipinski definition) is 2. The molecule has 0 atom stereocenters. The second-order valence-corrected chi connectivity index (χ2v) is 4.62. The fraction of sp³-hybridized carbons (Fsp3) is 0.400. The van der Waals surface area contributed by atoms with Gasteiger partial charge >= 0.3 is 6.03 Å². The summed E-state index contributed by atoms with van der Waals surface area (Å²) in [7, 11) is 0. The lowest BCUT2D eigenvalue weighted by molar-refractivity contribution is 0.248. The fourth-order valence-corrected chi connectivity index (χ4v) is 2.24. The van der Waals surface area contributed by atoms with Crippen LogP contribution in [0.2, 0.25) is 0 Å². The van der Waals surface area contributed by atoms with Crippen LogP contribution < -0.4 is 10.6 Å². The van der Waals surface area contributed by atoms with Gasteiger partial charge in [-0.05, 0) is 31.0 Å². The van der Waals surface area contributed by atoms with Crippen molar-refractivity contribution in [1.82, 2.24) is 5.32 Å². The van der Waals surface area contributed by atoms with Gasteiger partial charge in [0.2, 0.25) is 0 Å². The van der Waals surface area contributed by atoms with Gasteiger partial charge in [-0.15, -0.1) is 0 Å². The maximum Gasteiger partial charge on any atom is 0.319 e. The number of aliphatic hydroxyl groups excluding tert-OH is 1. The van der Waals surface area contributed by atoms with E-state index in [0.717, 1.165) is 18.4 Å². The highest BCUT2D eigenvalue weighted by Crippen LogP contribution is 2.18. The molecule has 0 spiro atoms. The lowest BCUT2D eigenvalue weighted by Gasteiger charge is -2.13. The van der Waals surface area contributed by atoms with E-state index in [1.54, 1.807) is 6.07 Å². The Kier molecular flexibility index (Phi) is 4.82. The van der Waals surface area contributed by atoms with Crippen molar-refractivity contribution in [1.29, 1.82) is 0 Å². The van der Waals surface area contributed by atoms with E-state index in [1.165, 1.54) is 12.8 Å². The van der Waals surface area contributed by atoms with E-state index in [0.29, 0.717) is 11.7 Å². The largest absolute Gasteiger partial charge is 0.384 e. The number of carbonyl (C=O) groups is 1. The predicted octanol–water partition coefficient (Wildman–Crippen LogP) is 2.09. The van der Waals surface area contributed by atoms with Crippen LogP contribution in [0.25, 0.3) is 0 Å². The van der Waals surface area contributed by atoms with Gasteiger partial charge in [-0.25, -0.2) is 4.79 Å². The molecule has 2 rings (SSSR count). The van der Waals surface area contributed by atoms with Crippen LogP contribution in [0, 0.1) is 11.8 Å². The number of aliphatic hydroxyl groups is 1. The molecule has 1 aliphatic rings. The average molecular weight is 258 g/mol. The van der Waals surface area contributed by atoms with Gasteiger partial charge in [0.1, 0.15) is 6.61 Å². The highest BCUT2D eigenvalue weighted by atomic mass is 16.2. The highest BCUT2D eigenvalue weighted by molar-refractivity contribution is 5.89. The molecule has 4 heteroatoms. The third-order valence-electron chi connectivity index (χ3n) is 3.12. The molecule has 0 aliphatic heterocycles. The normalized spacial score (nSPS) is 14.6. The first-order chi connectivity index (χ1) is 9.28. The van der Waals surface area contributed by atoms with E-state index in [1.807, 2.05) is 18.2 Å². The van der Waals surface area contributed by atoms with Crippen LogP contribution in [0.5, 0.6) is 0 Å². The van der Waals surface area contributed by atoms with Crippen molar-refractivity contribution in [2.24, 2.45) is 0 Å². The molecule has 0 bridgehead atoms. The summed E-state index contributed by atoms with van der Waals surface area (Å²) in [6, 6.07) is 7.40. The number of amides is 2. The van der Waals surface area contributed by atoms with Gasteiger partial charge in [-0.3, -0.25) is 0 Å². The molecule has 1 aromatic rings. The van der Waals surface area contributed by atoms with E-state index in [4.69, 9.17) is 5.11 Å². The Balaban J connectivity index is 1.92. The maximum atomic E-state index is 11.8. The Morgan fingerprint density at radius 1 is 1.37 bits per heavy atom. The number of carbonyl (C=O) groups excluding carboxylic acids is 1. The molecule has 1 aliphatic carbocycles. The molecule has 3 N–H and O–H groups in total. The van der Waals surface area contributed by atoms with Crippen LogP contribution in [-0.2, 0) is 0 Å². The van der Waals surface area contributed by atoms with Crippen molar-refractivity contribution in [2.75, 3.05) is 11.9 Å². The minimum Gasteiger partial charge on any atom is -0.384 e. The Morgan fingerprint density at radius 2 is 2.16 bits per heavy atom. The lowest BCUT2D eigenvalue weighted by Crippen LogP contribution is -2.36. The smallest absolute Gasteiger partial charge is 0.319 e. The topological polar surface area (TPSA) is 61.4 Å². The maximum absolute atomic E-state index is 11.8. The number of anilines is 1. The number of nitrogens with one attached hydrogen (secondary N) is 2. The highest BCUT2D eigenvalue weighted by Gasteiger charge is 2.16. The molecule has 0 saturated heterocycles. The van der Waals surface area contributed by atoms with Gasteiger partial charge in [-0.1, -0.05) is 30.7 Å². The molecule has 0 radical (unpaired) electrons. The van der Waals surface area contributed by atoms with Gasteiger partial charge in [0.05, 0.1) is 0 Å². The zero-order valence-electron chi connectivity index (χ0n) is 10.8. The first kappa shape index (κ1) is 13.4. The monoisotopic (exact) mass is 258 g/mol. The standard InChI is InChI=1S/C15H18N2O2/c18-10-4-6-12-5-3-9-14(11-12)17-15(19)16-13-7-1-2-8-13/h3,5,9,11,13,18H,1-2,7-8,10H2,(H2,16,17,19). The van der Waals surface area contributed by atoms with E-state index in [2.05, 4.69) is 22.5 Å². The van der Waals surface area contributed by atoms with Crippen LogP contribution >= 0.6 is 0 Å². The third-order valence-corrected chi connectivity index (χ3v) is 3.12. The minimum atomic E-state index is -0.167. The van der Waals surface area contributed by atoms with Gasteiger partial charge in [0, 0.05) is 17.3 Å². The molecular formula is C15H18N2O2. The van der Waals surface area contributed by atoms with E-state index >= 15 is 0 Å². The lowest BCUT2D eigenvalue weighted by atomic mass is 10.2. The van der Waals surface area contributed by atoms with Crippen LogP contribution in [0.15, 0.2) is 24.3 Å². The van der Waals surface area contributed by atoms with Gasteiger partial charge in [0.15, 0.2) is 0 Å². The van der Waals surface area contributed by atoms with Crippen LogP contribution in [0.3, 0.4) is 0 Å². The first-order valence-corrected chi connectivity index (χ1v) is 6.55. The molecule has 0 heterocycles. The summed E-state index contributed by atoms with van der Waals surface area (Å²) < 4.78 is 0. The third kappa shape index (κ3) is 4.31. The van der Waals surface area contributed by atoms with Crippen molar-refractivity contribution in [2.45, 2.75) is 31.7 Å². The minimum absolute atomic E-state index is 0.167. The average Bonchev–Trinajstić information content (AvgIpc) is 2.89. The molecular weight excluding hydrogens is 240 g/mol. The van der Waals surface area contributed by atoms with E-state index < -0.39 is 0 Å². The zero-order valence-corrected chi connectivity index (χ0v) is 10.8. The van der Waals surface area contributed by atoms with E-state index in [9.17, 15) is 4.79 Å². The molecule has 1 aromatic carbocycles. The van der Waals surface area contributed by atoms with E-state index in [-0.39, 0.29) is 12.6 Å². The Bertz CT molecular complexity index is 496. The molecule has 1 saturated carbocycles. The Morgan fingerprint density at radius 3 is 2.89 bits per heavy atom. The van der Waals surface area contributed by atoms with Crippen LogP contribution in [0.1, 0.15) is 31.2 Å². The quantitative estimate of drug-likeness (QED) is 0.711. The first-order valence-electron chi connectivity index (χ1n) is 6.55. The molecule has 19 heavy (non-hydrogen) atoms. The molecule has 0 aromatic heterocycles. The number of rotatable bonds is 2. The van der Waals surface area contributed by atoms with Crippen LogP contribution in [0.4, 0.5) is 10.5 Å². The summed E-state index contributed by atoms with van der Waals surface area (Å²) in [6.07, 6.45) is 4.51. The molecule has 100 valence electrons. The summed E-state index contributed by atoms with van der Waals surface area (Å²) in [5, 5.41) is 14.4. The summed E-state index contributed by atoms with van der Waals surface area (Å²) in [5.74, 6) is 5.39. The van der Waals surface area contributed by atoms with Gasteiger partial charge in [-0.2, -0.15) is 0 Å². The van der Waals surface area contributed by atoms with Gasteiger partial charge < -0.3 is 15.7 Å². The van der Waals surface area contributed by atoms with Crippen molar-refractivity contribution in [3.05, 3.63) is 29.8 Å². The van der Waals surface area contributed by atoms with Crippen molar-refractivity contribution in [3.63, 3.8) is 0 Å². The molecule has 2 amide bonds. The zero-order chi connectivity index (χ0) is 13.5. The SMILES string of the molecule is O=C(Nc1cccc(C#CCO)c1)NC1CCCC1. The van der Waals surface area contributed by atoms with Crippen LogP contribution in [-0.4, -0.2) is 23.8 Å². The molecule has 1 fully saturated rings.